The van der Waals surface area contributed by atoms with Gasteiger partial charge in [-0.2, -0.15) is 0 Å². The van der Waals surface area contributed by atoms with Gasteiger partial charge in [-0.15, -0.1) is 11.6 Å². The van der Waals surface area contributed by atoms with E-state index in [4.69, 9.17) is 11.6 Å². The highest BCUT2D eigenvalue weighted by Crippen LogP contribution is 2.44. The molecule has 0 aromatic heterocycles. The molecule has 3 aliphatic carbocycles. The molecule has 0 aliphatic heterocycles. The predicted octanol–water partition coefficient (Wildman–Crippen LogP) is 6.42. The molecular formula is C20H29Cl. The highest BCUT2D eigenvalue weighted by atomic mass is 35.5. The van der Waals surface area contributed by atoms with E-state index in [0.29, 0.717) is 5.92 Å². The molecule has 0 radical (unpaired) electrons. The third-order valence-electron chi connectivity index (χ3n) is 5.61. The maximum absolute atomic E-state index is 6.40. The normalized spacial score (nSPS) is 33.3. The third kappa shape index (κ3) is 3.83. The summed E-state index contributed by atoms with van der Waals surface area (Å²) in [7, 11) is 0. The highest BCUT2D eigenvalue weighted by Gasteiger charge is 2.30. The zero-order valence-electron chi connectivity index (χ0n) is 13.6. The number of halogens is 1. The smallest absolute Gasteiger partial charge is 0.0544 e. The van der Waals surface area contributed by atoms with E-state index < -0.39 is 0 Å². The molecule has 1 saturated carbocycles. The second kappa shape index (κ2) is 6.73. The van der Waals surface area contributed by atoms with E-state index in [0.717, 1.165) is 11.8 Å². The van der Waals surface area contributed by atoms with Gasteiger partial charge in [-0.05, 0) is 74.7 Å². The standard InChI is InChI=1S/C20H29Cl/c1-3-17-9-8-15(12-19(17)18-10-11-18)6-7-16-5-4-14(2)20(21)13-16/h8-9,13-15,18,20H,3-7,10-12H2,1-2H3. The van der Waals surface area contributed by atoms with Gasteiger partial charge >= 0.3 is 0 Å². The van der Waals surface area contributed by atoms with Crippen LogP contribution >= 0.6 is 11.6 Å². The molecule has 1 heteroatoms. The summed E-state index contributed by atoms with van der Waals surface area (Å²) in [5.74, 6) is 2.36. The Labute approximate surface area is 135 Å². The van der Waals surface area contributed by atoms with Crippen molar-refractivity contribution in [3.8, 4) is 0 Å². The van der Waals surface area contributed by atoms with Crippen LogP contribution in [-0.4, -0.2) is 5.38 Å². The third-order valence-corrected chi connectivity index (χ3v) is 6.17. The van der Waals surface area contributed by atoms with Gasteiger partial charge in [-0.1, -0.05) is 43.2 Å². The lowest BCUT2D eigenvalue weighted by atomic mass is 9.81. The van der Waals surface area contributed by atoms with Crippen LogP contribution in [0.5, 0.6) is 0 Å². The van der Waals surface area contributed by atoms with Crippen LogP contribution in [0.25, 0.3) is 0 Å². The van der Waals surface area contributed by atoms with Gasteiger partial charge in [-0.25, -0.2) is 0 Å². The van der Waals surface area contributed by atoms with E-state index in [1.54, 1.807) is 16.7 Å². The fourth-order valence-corrected chi connectivity index (χ4v) is 4.17. The number of alkyl halides is 1. The molecule has 0 amide bonds. The molecule has 0 heterocycles. The molecule has 0 aromatic carbocycles. The zero-order valence-corrected chi connectivity index (χ0v) is 14.3. The van der Waals surface area contributed by atoms with Crippen LogP contribution in [0.1, 0.15) is 65.2 Å². The summed E-state index contributed by atoms with van der Waals surface area (Å²) in [6.45, 7) is 4.57. The maximum atomic E-state index is 6.40. The zero-order chi connectivity index (χ0) is 14.8. The minimum Gasteiger partial charge on any atom is -0.118 e. The summed E-state index contributed by atoms with van der Waals surface area (Å²) < 4.78 is 0. The number of hydrogen-bond acceptors (Lipinski definition) is 0. The fraction of sp³-hybridized carbons (Fsp3) is 0.700. The second-order valence-electron chi connectivity index (χ2n) is 7.33. The SMILES string of the molecule is CCC1=C(C2CC2)CC(CCC2=CC(Cl)C(C)CC2)C=C1. The minimum absolute atomic E-state index is 0.268. The summed E-state index contributed by atoms with van der Waals surface area (Å²) in [6.07, 6.45) is 17.8. The Balaban J connectivity index is 1.54. The van der Waals surface area contributed by atoms with Crippen LogP contribution in [0.15, 0.2) is 34.9 Å². The van der Waals surface area contributed by atoms with Crippen molar-refractivity contribution in [2.75, 3.05) is 0 Å². The monoisotopic (exact) mass is 304 g/mol. The molecular weight excluding hydrogens is 276 g/mol. The molecule has 0 nitrogen and oxygen atoms in total. The summed E-state index contributed by atoms with van der Waals surface area (Å²) in [5.41, 5.74) is 5.05. The van der Waals surface area contributed by atoms with Crippen molar-refractivity contribution >= 4 is 11.6 Å². The summed E-state index contributed by atoms with van der Waals surface area (Å²) in [5, 5.41) is 0.268. The van der Waals surface area contributed by atoms with Gasteiger partial charge in [0.25, 0.3) is 0 Å². The molecule has 0 saturated heterocycles. The van der Waals surface area contributed by atoms with Gasteiger partial charge in [0.2, 0.25) is 0 Å². The number of allylic oxidation sites excluding steroid dienone is 6. The lowest BCUT2D eigenvalue weighted by Crippen LogP contribution is -2.15. The van der Waals surface area contributed by atoms with Crippen molar-refractivity contribution in [2.24, 2.45) is 17.8 Å². The van der Waals surface area contributed by atoms with Crippen LogP contribution in [0.3, 0.4) is 0 Å². The molecule has 3 atom stereocenters. The Hall–Kier alpha value is -0.490. The number of hydrogen-bond donors (Lipinski definition) is 0. The topological polar surface area (TPSA) is 0 Å². The molecule has 3 rings (SSSR count). The molecule has 0 aromatic rings. The van der Waals surface area contributed by atoms with Crippen molar-refractivity contribution in [3.63, 3.8) is 0 Å². The van der Waals surface area contributed by atoms with Crippen molar-refractivity contribution < 1.29 is 0 Å². The van der Waals surface area contributed by atoms with Gasteiger partial charge in [0.05, 0.1) is 5.38 Å². The minimum atomic E-state index is 0.268. The van der Waals surface area contributed by atoms with E-state index in [1.807, 2.05) is 0 Å². The van der Waals surface area contributed by atoms with Gasteiger partial charge in [-0.3, -0.25) is 0 Å². The Morgan fingerprint density at radius 1 is 1.24 bits per heavy atom. The maximum Gasteiger partial charge on any atom is 0.0544 e. The van der Waals surface area contributed by atoms with Crippen LogP contribution in [0, 0.1) is 17.8 Å². The van der Waals surface area contributed by atoms with Crippen molar-refractivity contribution in [1.82, 2.24) is 0 Å². The Kier molecular flexibility index (Phi) is 4.94. The van der Waals surface area contributed by atoms with Gasteiger partial charge < -0.3 is 0 Å². The summed E-state index contributed by atoms with van der Waals surface area (Å²) in [6, 6.07) is 0. The van der Waals surface area contributed by atoms with E-state index in [9.17, 15) is 0 Å². The second-order valence-corrected chi connectivity index (χ2v) is 7.83. The van der Waals surface area contributed by atoms with E-state index in [-0.39, 0.29) is 5.38 Å². The molecule has 3 unspecified atom stereocenters. The molecule has 116 valence electrons. The van der Waals surface area contributed by atoms with E-state index in [1.165, 1.54) is 51.4 Å². The summed E-state index contributed by atoms with van der Waals surface area (Å²) >= 11 is 6.40. The first kappa shape index (κ1) is 15.4. The van der Waals surface area contributed by atoms with Crippen molar-refractivity contribution in [3.05, 3.63) is 34.9 Å². The lowest BCUT2D eigenvalue weighted by Gasteiger charge is -2.26. The van der Waals surface area contributed by atoms with E-state index >= 15 is 0 Å². The molecule has 1 fully saturated rings. The van der Waals surface area contributed by atoms with Crippen LogP contribution in [0.4, 0.5) is 0 Å². The average molecular weight is 305 g/mol. The quantitative estimate of drug-likeness (QED) is 0.406. The van der Waals surface area contributed by atoms with Gasteiger partial charge in [0.15, 0.2) is 0 Å². The van der Waals surface area contributed by atoms with Crippen LogP contribution in [0.2, 0.25) is 0 Å². The van der Waals surface area contributed by atoms with Crippen molar-refractivity contribution in [2.45, 2.75) is 70.6 Å². The Morgan fingerprint density at radius 3 is 2.71 bits per heavy atom. The first-order valence-electron chi connectivity index (χ1n) is 8.91. The first-order valence-corrected chi connectivity index (χ1v) is 9.34. The Bertz CT molecular complexity index is 464. The van der Waals surface area contributed by atoms with Crippen LogP contribution < -0.4 is 0 Å². The molecule has 0 N–H and O–H groups in total. The summed E-state index contributed by atoms with van der Waals surface area (Å²) in [4.78, 5) is 0. The largest absolute Gasteiger partial charge is 0.118 e. The lowest BCUT2D eigenvalue weighted by molar-refractivity contribution is 0.493. The van der Waals surface area contributed by atoms with Crippen molar-refractivity contribution in [1.29, 1.82) is 0 Å². The molecule has 0 spiro atoms. The van der Waals surface area contributed by atoms with E-state index in [2.05, 4.69) is 32.1 Å². The van der Waals surface area contributed by atoms with Crippen LogP contribution in [-0.2, 0) is 0 Å². The molecule has 3 aliphatic rings. The Morgan fingerprint density at radius 2 is 2.05 bits per heavy atom. The predicted molar refractivity (Wildman–Crippen MR) is 92.6 cm³/mol. The molecule has 0 bridgehead atoms. The molecule has 21 heavy (non-hydrogen) atoms. The average Bonchev–Trinajstić information content (AvgIpc) is 3.33. The fourth-order valence-electron chi connectivity index (χ4n) is 3.87. The highest BCUT2D eigenvalue weighted by molar-refractivity contribution is 6.22. The first-order chi connectivity index (χ1) is 10.2. The number of rotatable bonds is 5. The van der Waals surface area contributed by atoms with Gasteiger partial charge in [0.1, 0.15) is 0 Å². The van der Waals surface area contributed by atoms with Gasteiger partial charge in [0, 0.05) is 0 Å².